The molecule has 0 atom stereocenters. The predicted octanol–water partition coefficient (Wildman–Crippen LogP) is 4.80. The van der Waals surface area contributed by atoms with Crippen molar-refractivity contribution in [2.75, 3.05) is 0 Å². The van der Waals surface area contributed by atoms with Crippen molar-refractivity contribution < 1.29 is 4.79 Å². The molecule has 0 saturated heterocycles. The molecule has 1 amide bonds. The monoisotopic (exact) mass is 452 g/mol. The maximum atomic E-state index is 12.4. The first-order valence-electron chi connectivity index (χ1n) is 10.3. The third-order valence-electron chi connectivity index (χ3n) is 5.03. The Morgan fingerprint density at radius 2 is 1.88 bits per heavy atom. The second-order valence-corrected chi connectivity index (χ2v) is 8.27. The van der Waals surface area contributed by atoms with E-state index in [1.54, 1.807) is 42.6 Å². The van der Waals surface area contributed by atoms with Gasteiger partial charge in [-0.15, -0.1) is 0 Å². The topological polar surface area (TPSA) is 88.0 Å². The van der Waals surface area contributed by atoms with Gasteiger partial charge >= 0.3 is 0 Å². The summed E-state index contributed by atoms with van der Waals surface area (Å²) in [5, 5.41) is 4.95. The zero-order valence-electron chi connectivity index (χ0n) is 17.6. The summed E-state index contributed by atoms with van der Waals surface area (Å²) in [6, 6.07) is 23.3. The minimum absolute atomic E-state index is 0.252. The zero-order valence-corrected chi connectivity index (χ0v) is 18.4. The summed E-state index contributed by atoms with van der Waals surface area (Å²) in [5.41, 5.74) is 8.12. The number of hydrogen-bond donors (Lipinski definition) is 2. The van der Waals surface area contributed by atoms with Gasteiger partial charge in [0.25, 0.3) is 5.91 Å². The van der Waals surface area contributed by atoms with E-state index < -0.39 is 0 Å². The van der Waals surface area contributed by atoms with Crippen molar-refractivity contribution in [2.45, 2.75) is 10.9 Å². The average molecular weight is 453 g/mol. The fourth-order valence-corrected chi connectivity index (χ4v) is 4.12. The Morgan fingerprint density at radius 3 is 2.64 bits per heavy atom. The highest BCUT2D eigenvalue weighted by Gasteiger charge is 2.06. The van der Waals surface area contributed by atoms with Gasteiger partial charge in [-0.3, -0.25) is 4.79 Å². The standard InChI is InChI=1S/C25H20N6OS/c32-24(30-27-15-18-7-11-21(12-8-18)31-14-13-26-17-31)20-9-5-19(6-10-20)16-33-25-28-22-3-1-2-4-23(22)29-25/h1-15,17H,16H2,(H,28,29)(H,30,32)/b27-15+. The number of para-hydroxylation sites is 2. The quantitative estimate of drug-likeness (QED) is 0.211. The number of hydrazone groups is 1. The highest BCUT2D eigenvalue weighted by molar-refractivity contribution is 7.98. The summed E-state index contributed by atoms with van der Waals surface area (Å²) in [6.07, 6.45) is 6.98. The lowest BCUT2D eigenvalue weighted by atomic mass is 10.1. The van der Waals surface area contributed by atoms with Crippen LogP contribution in [0.25, 0.3) is 16.7 Å². The number of benzene rings is 3. The Hall–Kier alpha value is -4.17. The molecule has 0 aliphatic rings. The lowest BCUT2D eigenvalue weighted by Crippen LogP contribution is -2.17. The molecule has 0 aliphatic heterocycles. The lowest BCUT2D eigenvalue weighted by molar-refractivity contribution is 0.0955. The second-order valence-electron chi connectivity index (χ2n) is 7.31. The summed E-state index contributed by atoms with van der Waals surface area (Å²) in [7, 11) is 0. The predicted molar refractivity (Wildman–Crippen MR) is 131 cm³/mol. The molecule has 0 bridgehead atoms. The molecule has 2 heterocycles. The Labute approximate surface area is 194 Å². The van der Waals surface area contributed by atoms with Gasteiger partial charge in [-0.1, -0.05) is 48.2 Å². The highest BCUT2D eigenvalue weighted by atomic mass is 32.2. The molecule has 8 heteroatoms. The van der Waals surface area contributed by atoms with E-state index in [2.05, 4.69) is 25.5 Å². The molecule has 2 N–H and O–H groups in total. The van der Waals surface area contributed by atoms with Crippen molar-refractivity contribution in [2.24, 2.45) is 5.10 Å². The van der Waals surface area contributed by atoms with Gasteiger partial charge in [0.1, 0.15) is 0 Å². The van der Waals surface area contributed by atoms with E-state index in [-0.39, 0.29) is 5.91 Å². The van der Waals surface area contributed by atoms with Crippen LogP contribution in [-0.2, 0) is 5.75 Å². The molecule has 0 unspecified atom stereocenters. The highest BCUT2D eigenvalue weighted by Crippen LogP contribution is 2.23. The van der Waals surface area contributed by atoms with Crippen molar-refractivity contribution >= 4 is 34.9 Å². The molecular formula is C25H20N6OS. The van der Waals surface area contributed by atoms with Gasteiger partial charge in [0, 0.05) is 29.4 Å². The smallest absolute Gasteiger partial charge is 0.271 e. The molecule has 5 rings (SSSR count). The van der Waals surface area contributed by atoms with E-state index in [1.807, 2.05) is 71.4 Å². The SMILES string of the molecule is O=C(N/N=C/c1ccc(-n2ccnc2)cc1)c1ccc(CSc2nc3ccccc3[nH]2)cc1. The summed E-state index contributed by atoms with van der Waals surface area (Å²) in [5.74, 6) is 0.507. The van der Waals surface area contributed by atoms with E-state index in [1.165, 1.54) is 0 Å². The van der Waals surface area contributed by atoms with Gasteiger partial charge in [0.15, 0.2) is 5.16 Å². The zero-order chi connectivity index (χ0) is 22.5. The Balaban J connectivity index is 1.14. The first kappa shape index (κ1) is 20.7. The molecule has 162 valence electrons. The molecule has 5 aromatic rings. The van der Waals surface area contributed by atoms with Crippen LogP contribution in [0.5, 0.6) is 0 Å². The van der Waals surface area contributed by atoms with Gasteiger partial charge in [0.2, 0.25) is 0 Å². The van der Waals surface area contributed by atoms with Crippen LogP contribution in [0, 0.1) is 0 Å². The lowest BCUT2D eigenvalue weighted by Gasteiger charge is -2.03. The maximum Gasteiger partial charge on any atom is 0.271 e. The number of nitrogens with one attached hydrogen (secondary N) is 2. The Bertz CT molecular complexity index is 1360. The number of rotatable bonds is 7. The van der Waals surface area contributed by atoms with Crippen LogP contribution >= 0.6 is 11.8 Å². The van der Waals surface area contributed by atoms with Gasteiger partial charge in [0.05, 0.1) is 23.6 Å². The van der Waals surface area contributed by atoms with Crippen LogP contribution in [-0.4, -0.2) is 31.6 Å². The number of carbonyl (C=O) groups excluding carboxylic acids is 1. The van der Waals surface area contributed by atoms with Gasteiger partial charge in [-0.25, -0.2) is 15.4 Å². The summed E-state index contributed by atoms with van der Waals surface area (Å²) < 4.78 is 1.92. The van der Waals surface area contributed by atoms with E-state index in [9.17, 15) is 4.79 Å². The van der Waals surface area contributed by atoms with E-state index >= 15 is 0 Å². The molecule has 2 aromatic heterocycles. The molecule has 0 aliphatic carbocycles. The molecule has 0 fully saturated rings. The van der Waals surface area contributed by atoms with Crippen LogP contribution in [0.3, 0.4) is 0 Å². The molecule has 7 nitrogen and oxygen atoms in total. The van der Waals surface area contributed by atoms with E-state index in [4.69, 9.17) is 0 Å². The van der Waals surface area contributed by atoms with Crippen molar-refractivity contribution in [1.82, 2.24) is 24.9 Å². The van der Waals surface area contributed by atoms with Gasteiger partial charge in [-0.05, 0) is 47.5 Å². The Kier molecular flexibility index (Phi) is 5.99. The number of aromatic amines is 1. The summed E-state index contributed by atoms with van der Waals surface area (Å²) in [4.78, 5) is 24.3. The number of aromatic nitrogens is 4. The normalized spacial score (nSPS) is 11.3. The number of carbonyl (C=O) groups is 1. The number of nitrogens with zero attached hydrogens (tertiary/aromatic N) is 4. The van der Waals surface area contributed by atoms with Crippen LogP contribution < -0.4 is 5.43 Å². The number of fused-ring (bicyclic) bond motifs is 1. The Morgan fingerprint density at radius 1 is 1.06 bits per heavy atom. The molecule has 0 radical (unpaired) electrons. The number of amides is 1. The van der Waals surface area contributed by atoms with Crippen LogP contribution in [0.4, 0.5) is 0 Å². The molecular weight excluding hydrogens is 432 g/mol. The third-order valence-corrected chi connectivity index (χ3v) is 5.98. The number of H-pyrrole nitrogens is 1. The summed E-state index contributed by atoms with van der Waals surface area (Å²) >= 11 is 1.63. The van der Waals surface area contributed by atoms with Crippen molar-refractivity contribution in [1.29, 1.82) is 0 Å². The number of hydrogen-bond acceptors (Lipinski definition) is 5. The fourth-order valence-electron chi connectivity index (χ4n) is 3.28. The molecule has 33 heavy (non-hydrogen) atoms. The van der Waals surface area contributed by atoms with Crippen molar-refractivity contribution in [3.8, 4) is 5.69 Å². The first-order valence-corrected chi connectivity index (χ1v) is 11.3. The number of imidazole rings is 2. The molecule has 0 saturated carbocycles. The fraction of sp³-hybridized carbons (Fsp3) is 0.0400. The van der Waals surface area contributed by atoms with Crippen molar-refractivity contribution in [3.05, 3.63) is 108 Å². The molecule has 3 aromatic carbocycles. The van der Waals surface area contributed by atoms with Crippen LogP contribution in [0.1, 0.15) is 21.5 Å². The number of thioether (sulfide) groups is 1. The minimum atomic E-state index is -0.252. The van der Waals surface area contributed by atoms with Gasteiger partial charge < -0.3 is 9.55 Å². The maximum absolute atomic E-state index is 12.4. The van der Waals surface area contributed by atoms with Crippen LogP contribution in [0.2, 0.25) is 0 Å². The molecule has 0 spiro atoms. The summed E-state index contributed by atoms with van der Waals surface area (Å²) in [6.45, 7) is 0. The van der Waals surface area contributed by atoms with Crippen molar-refractivity contribution in [3.63, 3.8) is 0 Å². The van der Waals surface area contributed by atoms with E-state index in [0.29, 0.717) is 5.56 Å². The largest absolute Gasteiger partial charge is 0.333 e. The minimum Gasteiger partial charge on any atom is -0.333 e. The first-order chi connectivity index (χ1) is 16.2. The van der Waals surface area contributed by atoms with Gasteiger partial charge in [-0.2, -0.15) is 5.10 Å². The average Bonchev–Trinajstić information content (AvgIpc) is 3.53. The van der Waals surface area contributed by atoms with Crippen LogP contribution in [0.15, 0.2) is 102 Å². The third kappa shape index (κ3) is 5.02. The van der Waals surface area contributed by atoms with E-state index in [0.717, 1.165) is 38.8 Å². The second kappa shape index (κ2) is 9.54.